The molecule has 0 unspecified atom stereocenters. The van der Waals surface area contributed by atoms with Gasteiger partial charge >= 0.3 is 11.4 Å². The highest BCUT2D eigenvalue weighted by atomic mass is 14.8. The number of hydrogen-bond donors (Lipinski definition) is 0. The summed E-state index contributed by atoms with van der Waals surface area (Å²) in [6.07, 6.45) is 15.1. The summed E-state index contributed by atoms with van der Waals surface area (Å²) in [7, 11) is 0. The molecule has 56 valence electrons. The molecule has 0 aromatic heterocycles. The fourth-order valence-corrected chi connectivity index (χ4v) is 1.03. The van der Waals surface area contributed by atoms with Gasteiger partial charge in [-0.3, -0.25) is 0 Å². The highest BCUT2D eigenvalue weighted by molar-refractivity contribution is 5.76. The lowest BCUT2D eigenvalue weighted by atomic mass is 10.2. The van der Waals surface area contributed by atoms with E-state index in [0.717, 1.165) is 11.4 Å². The quantitative estimate of drug-likeness (QED) is 0.535. The van der Waals surface area contributed by atoms with Crippen LogP contribution in [0.15, 0.2) is 47.9 Å². The molecule has 2 radical (unpaired) electrons. The van der Waals surface area contributed by atoms with Crippen molar-refractivity contribution in [2.75, 3.05) is 0 Å². The first kappa shape index (κ1) is 6.98. The third kappa shape index (κ3) is 1.32. The fourth-order valence-electron chi connectivity index (χ4n) is 1.03. The van der Waals surface area contributed by atoms with Crippen molar-refractivity contribution in [3.63, 3.8) is 0 Å². The molecule has 0 atom stereocenters. The summed E-state index contributed by atoms with van der Waals surface area (Å²) in [5.41, 5.74) is 1.83. The van der Waals surface area contributed by atoms with Crippen molar-refractivity contribution >= 4 is 12.4 Å². The van der Waals surface area contributed by atoms with E-state index in [1.165, 1.54) is 0 Å². The first-order valence-electron chi connectivity index (χ1n) is 3.79. The van der Waals surface area contributed by atoms with Gasteiger partial charge in [0.2, 0.25) is 12.4 Å². The number of allylic oxidation sites excluding steroid dienone is 6. The minimum absolute atomic E-state index is 0.915. The Labute approximate surface area is 71.0 Å². The van der Waals surface area contributed by atoms with Crippen molar-refractivity contribution in [1.29, 1.82) is 0 Å². The molecular weight excluding hydrogens is 148 g/mol. The molecule has 0 bridgehead atoms. The van der Waals surface area contributed by atoms with Gasteiger partial charge in [0, 0.05) is 24.3 Å². The lowest BCUT2D eigenvalue weighted by Gasteiger charge is -1.83. The van der Waals surface area contributed by atoms with Gasteiger partial charge in [-0.2, -0.15) is 0 Å². The smallest absolute Gasteiger partial charge is 0.0489 e. The van der Waals surface area contributed by atoms with Gasteiger partial charge in [0.1, 0.15) is 0 Å². The molecule has 0 aromatic rings. The van der Waals surface area contributed by atoms with Gasteiger partial charge < -0.3 is 0 Å². The van der Waals surface area contributed by atoms with Crippen LogP contribution in [-0.2, 0) is 0 Å². The van der Waals surface area contributed by atoms with E-state index >= 15 is 0 Å². The van der Waals surface area contributed by atoms with Gasteiger partial charge in [-0.05, 0) is 12.2 Å². The predicted octanol–water partition coefficient (Wildman–Crippen LogP) is 0.707. The zero-order chi connectivity index (χ0) is 8.23. The van der Waals surface area contributed by atoms with E-state index in [0.29, 0.717) is 0 Å². The number of rotatable bonds is 1. The van der Waals surface area contributed by atoms with Crippen LogP contribution in [-0.4, -0.2) is 12.4 Å². The summed E-state index contributed by atoms with van der Waals surface area (Å²) in [5.74, 6) is 0. The zero-order valence-corrected chi connectivity index (χ0v) is 6.51. The van der Waals surface area contributed by atoms with E-state index in [9.17, 15) is 0 Å². The molecule has 0 saturated heterocycles. The van der Waals surface area contributed by atoms with Crippen molar-refractivity contribution in [1.82, 2.24) is 9.98 Å². The lowest BCUT2D eigenvalue weighted by molar-refractivity contribution is 1.10. The Morgan fingerprint density at radius 2 is 1.17 bits per heavy atom. The van der Waals surface area contributed by atoms with Gasteiger partial charge in [0.25, 0.3) is 0 Å². The molecule has 12 heavy (non-hydrogen) atoms. The van der Waals surface area contributed by atoms with Gasteiger partial charge in [0.15, 0.2) is 0 Å². The first-order valence-corrected chi connectivity index (χ1v) is 3.79. The molecule has 2 heteroatoms. The maximum Gasteiger partial charge on any atom is 0.354 e. The number of nitrogens with zero attached hydrogens (tertiary/aromatic N) is 2. The van der Waals surface area contributed by atoms with Gasteiger partial charge in [-0.25, -0.2) is 0 Å². The topological polar surface area (TPSA) is 28.2 Å². The average molecular weight is 156 g/mol. The molecule has 2 aliphatic rings. The Bertz CT molecular complexity index is 316. The molecule has 0 fully saturated rings. The van der Waals surface area contributed by atoms with Crippen LogP contribution >= 0.6 is 0 Å². The van der Waals surface area contributed by atoms with E-state index in [-0.39, 0.29) is 0 Å². The van der Waals surface area contributed by atoms with Gasteiger partial charge in [-0.15, -0.1) is 0 Å². The molecule has 0 aliphatic carbocycles. The summed E-state index contributed by atoms with van der Waals surface area (Å²) < 4.78 is 0. The maximum atomic E-state index is 4.19. The molecule has 2 aliphatic heterocycles. The summed E-state index contributed by atoms with van der Waals surface area (Å²) in [4.78, 5) is 8.37. The molecule has 0 spiro atoms. The van der Waals surface area contributed by atoms with Crippen LogP contribution in [0, 0.1) is 0 Å². The van der Waals surface area contributed by atoms with Crippen molar-refractivity contribution in [3.8, 4) is 0 Å². The first-order chi connectivity index (χ1) is 5.97. The molecule has 0 N–H and O–H groups in total. The second-order valence-corrected chi connectivity index (χ2v) is 2.43. The zero-order valence-electron chi connectivity index (χ0n) is 6.51. The van der Waals surface area contributed by atoms with E-state index in [1.807, 2.05) is 36.5 Å². The van der Waals surface area contributed by atoms with Crippen molar-refractivity contribution < 1.29 is 0 Å². The Morgan fingerprint density at radius 3 is 1.50 bits per heavy atom. The standard InChI is InChI=1S/C10H8N2/c1-3-7-11-9(5-1)10-6-2-4-8-12-10/h1-8H/q+2. The Balaban J connectivity index is 2.31. The van der Waals surface area contributed by atoms with Crippen LogP contribution < -0.4 is 9.98 Å². The molecule has 2 heterocycles. The van der Waals surface area contributed by atoms with Crippen molar-refractivity contribution in [3.05, 3.63) is 47.9 Å². The van der Waals surface area contributed by atoms with Gasteiger partial charge in [0.05, 0.1) is 9.98 Å². The summed E-state index contributed by atoms with van der Waals surface area (Å²) >= 11 is 0. The minimum Gasteiger partial charge on any atom is -0.0489 e. The minimum atomic E-state index is 0.915. The van der Waals surface area contributed by atoms with Crippen molar-refractivity contribution in [2.45, 2.75) is 0 Å². The largest absolute Gasteiger partial charge is 0.354 e. The maximum absolute atomic E-state index is 4.19. The van der Waals surface area contributed by atoms with Crippen LogP contribution in [0.2, 0.25) is 0 Å². The second-order valence-electron chi connectivity index (χ2n) is 2.43. The van der Waals surface area contributed by atoms with Crippen LogP contribution in [0.4, 0.5) is 0 Å². The second kappa shape index (κ2) is 3.13. The van der Waals surface area contributed by atoms with Crippen LogP contribution in [0.3, 0.4) is 0 Å². The van der Waals surface area contributed by atoms with Gasteiger partial charge in [-0.1, -0.05) is 0 Å². The molecule has 0 aromatic carbocycles. The van der Waals surface area contributed by atoms with Crippen LogP contribution in [0.25, 0.3) is 0 Å². The third-order valence-electron chi connectivity index (χ3n) is 1.59. The van der Waals surface area contributed by atoms with E-state index in [4.69, 9.17) is 0 Å². The molecule has 2 nitrogen and oxygen atoms in total. The highest BCUT2D eigenvalue weighted by Crippen LogP contribution is 2.06. The lowest BCUT2D eigenvalue weighted by Crippen LogP contribution is -2.05. The Morgan fingerprint density at radius 1 is 0.667 bits per heavy atom. The number of hydrogen-bond acceptors (Lipinski definition) is 2. The molecular formula is C10H8N2+2. The van der Waals surface area contributed by atoms with Crippen molar-refractivity contribution in [2.24, 2.45) is 0 Å². The number of aliphatic imine (C=N–C) groups is 2. The van der Waals surface area contributed by atoms with Crippen LogP contribution in [0.1, 0.15) is 0 Å². The van der Waals surface area contributed by atoms with E-state index in [1.54, 1.807) is 12.4 Å². The van der Waals surface area contributed by atoms with E-state index in [2.05, 4.69) is 9.98 Å². The summed E-state index contributed by atoms with van der Waals surface area (Å²) in [5, 5.41) is 0. The normalized spacial score (nSPS) is 19.3. The molecule has 0 saturated carbocycles. The Kier molecular flexibility index (Phi) is 1.82. The third-order valence-corrected chi connectivity index (χ3v) is 1.59. The predicted molar refractivity (Wildman–Crippen MR) is 50.8 cm³/mol. The van der Waals surface area contributed by atoms with E-state index < -0.39 is 0 Å². The summed E-state index contributed by atoms with van der Waals surface area (Å²) in [6, 6.07) is 0. The van der Waals surface area contributed by atoms with Crippen LogP contribution in [0.5, 0.6) is 0 Å². The Hall–Kier alpha value is -1.70. The summed E-state index contributed by atoms with van der Waals surface area (Å²) in [6.45, 7) is 0. The molecule has 0 amide bonds. The SMILES string of the molecule is C1=CC=C(C2=CC=CC=[N+]2)[N+]=C1. The molecule has 2 rings (SSSR count). The monoisotopic (exact) mass is 156 g/mol. The average Bonchev–Trinajstić information content (AvgIpc) is 2.21. The highest BCUT2D eigenvalue weighted by Gasteiger charge is 2.24. The fraction of sp³-hybridized carbons (Fsp3) is 0.